The average Bonchev–Trinajstić information content (AvgIpc) is 2.83. The summed E-state index contributed by atoms with van der Waals surface area (Å²) in [7, 11) is -0.399. The van der Waals surface area contributed by atoms with Gasteiger partial charge in [-0.15, -0.1) is 0 Å². The number of benzene rings is 2. The predicted octanol–water partition coefficient (Wildman–Crippen LogP) is 1.21. The van der Waals surface area contributed by atoms with E-state index in [0.29, 0.717) is 50.8 Å². The second kappa shape index (κ2) is 11.2. The maximum atomic E-state index is 12.8. The molecular weight excluding hydrogens is 434 g/mol. The van der Waals surface area contributed by atoms with E-state index in [1.54, 1.807) is 62.8 Å². The van der Waals surface area contributed by atoms with Gasteiger partial charge >= 0.3 is 0 Å². The minimum atomic E-state index is -3.53. The molecule has 1 amide bonds. The van der Waals surface area contributed by atoms with Gasteiger partial charge in [-0.05, 0) is 48.5 Å². The van der Waals surface area contributed by atoms with Gasteiger partial charge < -0.3 is 19.5 Å². The number of hydrogen-bond acceptors (Lipinski definition) is 7. The Kier molecular flexibility index (Phi) is 8.32. The maximum Gasteiger partial charge on any atom is 0.257 e. The first-order valence-corrected chi connectivity index (χ1v) is 11.8. The van der Waals surface area contributed by atoms with Crippen molar-refractivity contribution in [2.24, 2.45) is 0 Å². The SMILES string of the molecule is COc1ccc(OCC(=O)NCCN2CCN(S(=O)(=O)c3ccc(OC)cc3)CC2)cc1. The third kappa shape index (κ3) is 6.35. The smallest absolute Gasteiger partial charge is 0.257 e. The first-order chi connectivity index (χ1) is 15.4. The zero-order valence-corrected chi connectivity index (χ0v) is 19.1. The molecule has 0 aromatic heterocycles. The Hall–Kier alpha value is -2.82. The van der Waals surface area contributed by atoms with Crippen LogP contribution >= 0.6 is 0 Å². The number of nitrogens with zero attached hydrogens (tertiary/aromatic N) is 2. The monoisotopic (exact) mass is 463 g/mol. The van der Waals surface area contributed by atoms with Crippen LogP contribution in [0.15, 0.2) is 53.4 Å². The molecule has 2 aromatic carbocycles. The van der Waals surface area contributed by atoms with Crippen molar-refractivity contribution in [3.05, 3.63) is 48.5 Å². The quantitative estimate of drug-likeness (QED) is 0.566. The Labute approximate surface area is 188 Å². The highest BCUT2D eigenvalue weighted by Crippen LogP contribution is 2.20. The van der Waals surface area contributed by atoms with Gasteiger partial charge in [-0.2, -0.15) is 4.31 Å². The Bertz CT molecular complexity index is 972. The second-order valence-corrected chi connectivity index (χ2v) is 9.17. The summed E-state index contributed by atoms with van der Waals surface area (Å²) in [4.78, 5) is 14.4. The van der Waals surface area contributed by atoms with E-state index < -0.39 is 10.0 Å². The average molecular weight is 464 g/mol. The van der Waals surface area contributed by atoms with Gasteiger partial charge in [0, 0.05) is 39.3 Å². The van der Waals surface area contributed by atoms with E-state index in [9.17, 15) is 13.2 Å². The van der Waals surface area contributed by atoms with E-state index >= 15 is 0 Å². The minimum Gasteiger partial charge on any atom is -0.497 e. The fraction of sp³-hybridized carbons (Fsp3) is 0.409. The molecule has 0 bridgehead atoms. The highest BCUT2D eigenvalue weighted by molar-refractivity contribution is 7.89. The lowest BCUT2D eigenvalue weighted by Gasteiger charge is -2.34. The molecule has 1 N–H and O–H groups in total. The molecule has 1 heterocycles. The van der Waals surface area contributed by atoms with Gasteiger partial charge in [0.15, 0.2) is 6.61 Å². The number of hydrogen-bond donors (Lipinski definition) is 1. The van der Waals surface area contributed by atoms with E-state index in [2.05, 4.69) is 10.2 Å². The molecule has 0 spiro atoms. The minimum absolute atomic E-state index is 0.0692. The largest absolute Gasteiger partial charge is 0.497 e. The van der Waals surface area contributed by atoms with Crippen molar-refractivity contribution < 1.29 is 27.4 Å². The van der Waals surface area contributed by atoms with E-state index in [1.807, 2.05) is 0 Å². The van der Waals surface area contributed by atoms with Crippen molar-refractivity contribution in [1.82, 2.24) is 14.5 Å². The van der Waals surface area contributed by atoms with Crippen LogP contribution in [-0.2, 0) is 14.8 Å². The Balaban J connectivity index is 1.36. The normalized spacial score (nSPS) is 15.2. The van der Waals surface area contributed by atoms with Crippen LogP contribution in [0, 0.1) is 0 Å². The molecule has 3 rings (SSSR count). The molecule has 1 saturated heterocycles. The van der Waals surface area contributed by atoms with Crippen LogP contribution in [0.5, 0.6) is 17.2 Å². The van der Waals surface area contributed by atoms with Crippen molar-refractivity contribution in [3.63, 3.8) is 0 Å². The molecule has 1 aliphatic heterocycles. The summed E-state index contributed by atoms with van der Waals surface area (Å²) in [5.74, 6) is 1.72. The summed E-state index contributed by atoms with van der Waals surface area (Å²) < 4.78 is 42.7. The van der Waals surface area contributed by atoms with Crippen LogP contribution in [0.4, 0.5) is 0 Å². The Morgan fingerprint density at radius 1 is 0.875 bits per heavy atom. The molecular formula is C22H29N3O6S. The van der Waals surface area contributed by atoms with Crippen LogP contribution in [0.25, 0.3) is 0 Å². The fourth-order valence-electron chi connectivity index (χ4n) is 3.32. The second-order valence-electron chi connectivity index (χ2n) is 7.24. The third-order valence-corrected chi connectivity index (χ3v) is 7.12. The van der Waals surface area contributed by atoms with Crippen molar-refractivity contribution in [1.29, 1.82) is 0 Å². The van der Waals surface area contributed by atoms with E-state index in [4.69, 9.17) is 14.2 Å². The van der Waals surface area contributed by atoms with Crippen LogP contribution < -0.4 is 19.5 Å². The topological polar surface area (TPSA) is 97.4 Å². The van der Waals surface area contributed by atoms with Crippen molar-refractivity contribution in [3.8, 4) is 17.2 Å². The van der Waals surface area contributed by atoms with Crippen molar-refractivity contribution in [2.75, 3.05) is 60.1 Å². The summed E-state index contributed by atoms with van der Waals surface area (Å²) in [6.45, 7) is 3.06. The number of nitrogens with one attached hydrogen (secondary N) is 1. The number of amides is 1. The van der Waals surface area contributed by atoms with Crippen LogP contribution in [0.2, 0.25) is 0 Å². The van der Waals surface area contributed by atoms with Gasteiger partial charge in [0.1, 0.15) is 17.2 Å². The van der Waals surface area contributed by atoms with E-state index in [-0.39, 0.29) is 17.4 Å². The standard InChI is InChI=1S/C22H29N3O6S/c1-29-18-3-5-20(6-4-18)31-17-22(26)23-11-12-24-13-15-25(16-14-24)32(27,28)21-9-7-19(30-2)8-10-21/h3-10H,11-17H2,1-2H3,(H,23,26). The molecule has 0 radical (unpaired) electrons. The van der Waals surface area contributed by atoms with Gasteiger partial charge in [0.25, 0.3) is 5.91 Å². The number of sulfonamides is 1. The lowest BCUT2D eigenvalue weighted by molar-refractivity contribution is -0.123. The van der Waals surface area contributed by atoms with Gasteiger partial charge in [-0.3, -0.25) is 9.69 Å². The first-order valence-electron chi connectivity index (χ1n) is 10.3. The number of ether oxygens (including phenoxy) is 3. The molecule has 9 nitrogen and oxygen atoms in total. The lowest BCUT2D eigenvalue weighted by atomic mass is 10.3. The summed E-state index contributed by atoms with van der Waals surface area (Å²) in [6, 6.07) is 13.4. The summed E-state index contributed by atoms with van der Waals surface area (Å²) in [5, 5.41) is 2.83. The molecule has 10 heteroatoms. The Morgan fingerprint density at radius 3 is 1.97 bits per heavy atom. The molecule has 1 aliphatic rings. The fourth-order valence-corrected chi connectivity index (χ4v) is 4.74. The van der Waals surface area contributed by atoms with E-state index in [1.165, 1.54) is 4.31 Å². The molecule has 0 saturated carbocycles. The molecule has 0 aliphatic carbocycles. The molecule has 0 unspecified atom stereocenters. The number of rotatable bonds is 10. The van der Waals surface area contributed by atoms with Crippen molar-refractivity contribution >= 4 is 15.9 Å². The van der Waals surface area contributed by atoms with Crippen LogP contribution in [0.1, 0.15) is 0 Å². The Morgan fingerprint density at radius 2 is 1.41 bits per heavy atom. The number of carbonyl (C=O) groups is 1. The molecule has 0 atom stereocenters. The van der Waals surface area contributed by atoms with Gasteiger partial charge in [-0.1, -0.05) is 0 Å². The summed E-state index contributed by atoms with van der Waals surface area (Å²) in [5.41, 5.74) is 0. The molecule has 1 fully saturated rings. The number of piperazine rings is 1. The maximum absolute atomic E-state index is 12.8. The zero-order chi connectivity index (χ0) is 23.0. The highest BCUT2D eigenvalue weighted by Gasteiger charge is 2.28. The molecule has 174 valence electrons. The molecule has 2 aromatic rings. The highest BCUT2D eigenvalue weighted by atomic mass is 32.2. The zero-order valence-electron chi connectivity index (χ0n) is 18.3. The number of carbonyl (C=O) groups excluding carboxylic acids is 1. The molecule has 32 heavy (non-hydrogen) atoms. The number of methoxy groups -OCH3 is 2. The van der Waals surface area contributed by atoms with E-state index in [0.717, 1.165) is 5.75 Å². The van der Waals surface area contributed by atoms with Crippen LogP contribution in [0.3, 0.4) is 0 Å². The van der Waals surface area contributed by atoms with Gasteiger partial charge in [-0.25, -0.2) is 8.42 Å². The summed E-state index contributed by atoms with van der Waals surface area (Å²) in [6.07, 6.45) is 0. The van der Waals surface area contributed by atoms with Crippen molar-refractivity contribution in [2.45, 2.75) is 4.90 Å². The third-order valence-electron chi connectivity index (χ3n) is 5.21. The van der Waals surface area contributed by atoms with Crippen LogP contribution in [-0.4, -0.2) is 83.6 Å². The first kappa shape index (κ1) is 23.8. The van der Waals surface area contributed by atoms with Gasteiger partial charge in [0.05, 0.1) is 19.1 Å². The summed E-state index contributed by atoms with van der Waals surface area (Å²) >= 11 is 0. The lowest BCUT2D eigenvalue weighted by Crippen LogP contribution is -2.50. The predicted molar refractivity (Wildman–Crippen MR) is 120 cm³/mol. The van der Waals surface area contributed by atoms with Gasteiger partial charge in [0.2, 0.25) is 10.0 Å².